The Morgan fingerprint density at radius 1 is 0.924 bits per heavy atom. The number of pyridine rings is 1. The van der Waals surface area contributed by atoms with E-state index >= 15 is 0 Å². The Kier molecular flexibility index (Phi) is 18.9. The van der Waals surface area contributed by atoms with Crippen LogP contribution in [-0.4, -0.2) is 119 Å². The minimum Gasteiger partial charge on any atom is -0.491 e. The van der Waals surface area contributed by atoms with Gasteiger partial charge in [-0.05, 0) is 118 Å². The molecule has 79 heavy (non-hydrogen) atoms. The van der Waals surface area contributed by atoms with Gasteiger partial charge in [0.1, 0.15) is 42.1 Å². The van der Waals surface area contributed by atoms with Gasteiger partial charge in [0.15, 0.2) is 11.6 Å². The van der Waals surface area contributed by atoms with Crippen LogP contribution in [0.25, 0.3) is 11.1 Å². The van der Waals surface area contributed by atoms with Gasteiger partial charge in [-0.3, -0.25) is 28.7 Å². The Hall–Kier alpha value is -7.22. The number of nitrogens with zero attached hydrogens (tertiary/aromatic N) is 5. The average molecular weight is 1090 g/mol. The van der Waals surface area contributed by atoms with Crippen molar-refractivity contribution in [2.75, 3.05) is 52.9 Å². The molecule has 3 aliphatic rings. The van der Waals surface area contributed by atoms with E-state index in [0.29, 0.717) is 66.3 Å². The lowest BCUT2D eigenvalue weighted by molar-refractivity contribution is -0.147. The number of nitrogen functional groups attached to an aromatic ring is 1. The molecular weight excluding hydrogens is 1010 g/mol. The number of anilines is 1. The van der Waals surface area contributed by atoms with E-state index in [-0.39, 0.29) is 87.2 Å². The van der Waals surface area contributed by atoms with Crippen molar-refractivity contribution in [1.82, 2.24) is 40.5 Å². The smallest absolute Gasteiger partial charge is 0.254 e. The third-order valence-corrected chi connectivity index (χ3v) is 15.1. The third kappa shape index (κ3) is 14.0. The second-order valence-electron chi connectivity index (χ2n) is 21.9. The van der Waals surface area contributed by atoms with Gasteiger partial charge in [0.25, 0.3) is 5.91 Å². The molecule has 0 saturated carbocycles. The van der Waals surface area contributed by atoms with Gasteiger partial charge in [0.2, 0.25) is 17.7 Å². The molecule has 4 amide bonds. The summed E-state index contributed by atoms with van der Waals surface area (Å²) >= 11 is 0. The summed E-state index contributed by atoms with van der Waals surface area (Å²) in [5.74, 6) is -0.579. The molecule has 5 aromatic rings. The predicted molar refractivity (Wildman–Crippen MR) is 296 cm³/mol. The van der Waals surface area contributed by atoms with Crippen LogP contribution in [-0.2, 0) is 61.1 Å². The number of aryl methyl sites for hydroxylation is 3. The number of carbonyl (C=O) groups is 5. The fourth-order valence-corrected chi connectivity index (χ4v) is 10.6. The number of ketones is 1. The second kappa shape index (κ2) is 25.7. The summed E-state index contributed by atoms with van der Waals surface area (Å²) in [5.41, 5.74) is 13.3. The summed E-state index contributed by atoms with van der Waals surface area (Å²) in [6.07, 6.45) is 4.98. The number of hydrogen-bond donors (Lipinski definition) is 4. The minimum atomic E-state index is -0.899. The fourth-order valence-electron chi connectivity index (χ4n) is 10.6. The van der Waals surface area contributed by atoms with Crippen molar-refractivity contribution < 1.29 is 47.3 Å². The monoisotopic (exact) mass is 1090 g/mol. The highest BCUT2D eigenvalue weighted by atomic mass is 19.1. The van der Waals surface area contributed by atoms with Crippen LogP contribution in [0.5, 0.6) is 11.5 Å². The lowest BCUT2D eigenvalue weighted by Gasteiger charge is -2.41. The topological polar surface area (TPSA) is 222 Å². The minimum absolute atomic E-state index is 0.0405. The van der Waals surface area contributed by atoms with Crippen LogP contribution in [0.2, 0.25) is 0 Å². The average Bonchev–Trinajstić information content (AvgIpc) is 3.90. The summed E-state index contributed by atoms with van der Waals surface area (Å²) in [6, 6.07) is 17.3. The molecule has 1 aliphatic carbocycles. The van der Waals surface area contributed by atoms with Gasteiger partial charge < -0.3 is 50.4 Å². The van der Waals surface area contributed by atoms with Gasteiger partial charge >= 0.3 is 0 Å². The number of hydrogen-bond acceptors (Lipinski definition) is 13. The van der Waals surface area contributed by atoms with Crippen molar-refractivity contribution in [3.8, 4) is 22.6 Å². The van der Waals surface area contributed by atoms with Crippen molar-refractivity contribution in [3.63, 3.8) is 0 Å². The van der Waals surface area contributed by atoms with E-state index in [1.165, 1.54) is 23.8 Å². The largest absolute Gasteiger partial charge is 0.491 e. The number of nitrogens with one attached hydrogen (secondary N) is 3. The highest BCUT2D eigenvalue weighted by Gasteiger charge is 2.43. The standard InChI is InChI=1S/C60H76FN9O9/c1-36-53-41-31-52(55(62)64-33-41)79-38(3)48-32-43(61)19-21-47(48)58(74)68(8)35-51(53)70(67-36)23-12-15-44(71)22-24-76-25-26-77-27-28-78-45-20-18-40-30-50(57(73)65-49-17-11-14-39-13-9-10-16-46(39)49)69(34-42(40)29-45)59(75)54(60(4,5)6)66-56(72)37(2)63-7/h9-10,13,16,18-21,29,31-33,37-38,49-50,54,63H,11-12,14-15,17,22-28,30,34-35H2,1-8H3,(H2,62,64)(H,65,73)(H,66,72)/t37-,38-,49+,50-,54+/m1/s1. The molecule has 2 bridgehead atoms. The molecule has 0 radical (unpaired) electrons. The van der Waals surface area contributed by atoms with Crippen LogP contribution in [0.3, 0.4) is 0 Å². The first kappa shape index (κ1) is 57.9. The molecule has 0 unspecified atom stereocenters. The van der Waals surface area contributed by atoms with Crippen molar-refractivity contribution in [1.29, 1.82) is 0 Å². The molecule has 5 atom stereocenters. The third-order valence-electron chi connectivity index (χ3n) is 15.1. The number of Topliss-reactive ketones (excluding diaryl/α,β-unsaturated/α-hetero) is 1. The molecule has 4 heterocycles. The summed E-state index contributed by atoms with van der Waals surface area (Å²) in [5, 5.41) is 14.1. The number of nitrogens with two attached hydrogens (primary N) is 1. The zero-order chi connectivity index (χ0) is 56.5. The number of rotatable bonds is 20. The van der Waals surface area contributed by atoms with Crippen LogP contribution in [0.4, 0.5) is 10.2 Å². The quantitative estimate of drug-likeness (QED) is 0.0570. The highest BCUT2D eigenvalue weighted by Crippen LogP contribution is 2.37. The molecule has 2 aliphatic heterocycles. The second-order valence-corrected chi connectivity index (χ2v) is 21.9. The van der Waals surface area contributed by atoms with E-state index < -0.39 is 35.5 Å². The van der Waals surface area contributed by atoms with Gasteiger partial charge in [0.05, 0.1) is 56.4 Å². The number of benzene rings is 3. The zero-order valence-electron chi connectivity index (χ0n) is 46.8. The molecule has 3 aromatic carbocycles. The summed E-state index contributed by atoms with van der Waals surface area (Å²) in [7, 11) is 3.37. The maximum atomic E-state index is 14.7. The van der Waals surface area contributed by atoms with Crippen molar-refractivity contribution in [2.45, 2.75) is 136 Å². The van der Waals surface area contributed by atoms with Crippen LogP contribution in [0.15, 0.2) is 72.9 Å². The van der Waals surface area contributed by atoms with Gasteiger partial charge in [-0.2, -0.15) is 5.10 Å². The highest BCUT2D eigenvalue weighted by molar-refractivity contribution is 5.96. The number of ether oxygens (including phenoxy) is 4. The number of aromatic nitrogens is 3. The lowest BCUT2D eigenvalue weighted by Crippen LogP contribution is -2.62. The van der Waals surface area contributed by atoms with E-state index in [1.807, 2.05) is 62.7 Å². The van der Waals surface area contributed by atoms with Crippen molar-refractivity contribution >= 4 is 35.2 Å². The Labute approximate surface area is 462 Å². The Morgan fingerprint density at radius 3 is 2.46 bits per heavy atom. The van der Waals surface area contributed by atoms with Gasteiger partial charge in [-0.15, -0.1) is 0 Å². The molecule has 422 valence electrons. The maximum absolute atomic E-state index is 14.7. The molecule has 18 nitrogen and oxygen atoms in total. The first-order valence-corrected chi connectivity index (χ1v) is 27.4. The first-order valence-electron chi connectivity index (χ1n) is 27.4. The number of carbonyl (C=O) groups excluding carboxylic acids is 5. The van der Waals surface area contributed by atoms with Crippen LogP contribution in [0.1, 0.15) is 128 Å². The van der Waals surface area contributed by atoms with Gasteiger partial charge in [-0.25, -0.2) is 9.37 Å². The van der Waals surface area contributed by atoms with E-state index in [2.05, 4.69) is 33.1 Å². The van der Waals surface area contributed by atoms with E-state index in [1.54, 1.807) is 50.0 Å². The van der Waals surface area contributed by atoms with Crippen molar-refractivity contribution in [3.05, 3.63) is 124 Å². The molecule has 2 aromatic heterocycles. The molecule has 0 saturated heterocycles. The molecular formula is C60H76FN9O9. The summed E-state index contributed by atoms with van der Waals surface area (Å²) in [4.78, 5) is 76.8. The molecule has 8 rings (SSSR count). The number of fused-ring (bicyclic) bond motifs is 7. The van der Waals surface area contributed by atoms with Crippen molar-refractivity contribution in [2.24, 2.45) is 5.41 Å². The van der Waals surface area contributed by atoms with Crippen LogP contribution < -0.4 is 31.2 Å². The molecule has 0 spiro atoms. The molecule has 19 heteroatoms. The fraction of sp³-hybridized carbons (Fsp3) is 0.483. The molecule has 5 N–H and O–H groups in total. The predicted octanol–water partition coefficient (Wildman–Crippen LogP) is 7.14. The van der Waals surface area contributed by atoms with Crippen LogP contribution >= 0.6 is 0 Å². The van der Waals surface area contributed by atoms with Gasteiger partial charge in [0, 0.05) is 67.9 Å². The van der Waals surface area contributed by atoms with Gasteiger partial charge in [-0.1, -0.05) is 51.1 Å². The van der Waals surface area contributed by atoms with E-state index in [4.69, 9.17) is 29.8 Å². The number of amides is 4. The number of likely N-dealkylation sites (N-methyl/N-ethyl adjacent to an activating group) is 1. The SMILES string of the molecule is CN[C@H](C)C(=O)N[C@@H](C(=O)N1Cc2cc(OCCOCCOCCC(=O)CCCn3nc(C)c4c3CN(C)C(=O)c3ccc(F)cc3[C@@H](C)Oc3cc-4cnc3N)ccc2C[C@@H]1C(=O)N[C@H]1CCCc2ccccc21)C(C)(C)C. The number of halogens is 1. The molecule has 0 fully saturated rings. The van der Waals surface area contributed by atoms with Crippen LogP contribution in [0, 0.1) is 18.2 Å². The maximum Gasteiger partial charge on any atom is 0.254 e. The summed E-state index contributed by atoms with van der Waals surface area (Å²) in [6.45, 7) is 13.2. The normalized spacial score (nSPS) is 17.8. The Morgan fingerprint density at radius 2 is 1.68 bits per heavy atom. The Bertz CT molecular complexity index is 3030. The Balaban J connectivity index is 0.807. The first-order chi connectivity index (χ1) is 37.8. The van der Waals surface area contributed by atoms with E-state index in [9.17, 15) is 28.4 Å². The summed E-state index contributed by atoms with van der Waals surface area (Å²) < 4.78 is 40.1. The zero-order valence-corrected chi connectivity index (χ0v) is 46.8. The lowest BCUT2D eigenvalue weighted by atomic mass is 9.83. The van der Waals surface area contributed by atoms with E-state index in [0.717, 1.165) is 47.2 Å².